The number of H-pyrrole nitrogens is 1. The van der Waals surface area contributed by atoms with Gasteiger partial charge < -0.3 is 40.1 Å². The van der Waals surface area contributed by atoms with Crippen molar-refractivity contribution in [2.45, 2.75) is 61.8 Å². The molecular weight excluding hydrogens is 903 g/mol. The molecule has 7 rings (SSSR count). The number of sulfonamides is 1. The zero-order valence-electron chi connectivity index (χ0n) is 37.6. The van der Waals surface area contributed by atoms with Crippen LogP contribution in [0, 0.1) is 0 Å². The number of anilines is 1. The average Bonchev–Trinajstić information content (AvgIpc) is 3.93. The number of aliphatic hydroxyl groups is 1. The van der Waals surface area contributed by atoms with Gasteiger partial charge in [0.05, 0.1) is 67.8 Å². The second-order valence-corrected chi connectivity index (χ2v) is 20.3. The summed E-state index contributed by atoms with van der Waals surface area (Å²) in [6, 6.07) is 27.0. The van der Waals surface area contributed by atoms with Crippen molar-refractivity contribution in [3.8, 4) is 39.8 Å². The maximum atomic E-state index is 16.1. The van der Waals surface area contributed by atoms with Crippen molar-refractivity contribution in [1.29, 1.82) is 0 Å². The zero-order chi connectivity index (χ0) is 48.1. The molecule has 0 spiro atoms. The van der Waals surface area contributed by atoms with Gasteiger partial charge in [-0.3, -0.25) is 0 Å². The molecule has 1 amide bonds. The Labute approximate surface area is 387 Å². The van der Waals surface area contributed by atoms with Crippen LogP contribution in [-0.2, 0) is 44.2 Å². The standard InChI is InChI=1S/C46H51N9O10S2/c1-46(2,3)65-45(57)48-32(27-56)28-66(58,59)39-23-22-36(37-8-7-9-38-41(37)50-44(47)49-38)40(43-51-53-55(52-43)26-31-14-20-35(64-6)21-15-31)42(39)67(60,61)54(24-29-10-16-33(62-4)17-11-29)25-30-12-18-34(63-5)19-13-30/h7-23,32,56H,24-28H2,1-6H3,(H,48,57)(H3,47,49,50). The average molecular weight is 954 g/mol. The molecule has 0 radical (unpaired) electrons. The summed E-state index contributed by atoms with van der Waals surface area (Å²) in [5.74, 6) is 0.597. The lowest BCUT2D eigenvalue weighted by Crippen LogP contribution is -2.44. The molecule has 5 N–H and O–H groups in total. The van der Waals surface area contributed by atoms with Crippen molar-refractivity contribution in [2.24, 2.45) is 0 Å². The smallest absolute Gasteiger partial charge is 0.407 e. The van der Waals surface area contributed by atoms with Gasteiger partial charge in [-0.2, -0.15) is 9.10 Å². The number of amides is 1. The Kier molecular flexibility index (Phi) is 14.2. The van der Waals surface area contributed by atoms with Gasteiger partial charge >= 0.3 is 6.09 Å². The summed E-state index contributed by atoms with van der Waals surface area (Å²) in [5, 5.41) is 26.3. The number of aromatic amines is 1. The normalized spacial score (nSPS) is 12.5. The van der Waals surface area contributed by atoms with Crippen LogP contribution >= 0.6 is 0 Å². The SMILES string of the molecule is COc1ccc(CN(Cc2ccc(OC)cc2)S(=O)(=O)c2c(S(=O)(=O)CC(CO)NC(=O)OC(C)(C)C)ccc(-c3cccc4[nH]c(N)nc34)c2-c2nnn(Cc3ccc(OC)cc3)n2)cc1. The molecule has 1 atom stereocenters. The Morgan fingerprint density at radius 2 is 1.37 bits per heavy atom. The molecule has 0 fully saturated rings. The monoisotopic (exact) mass is 953 g/mol. The number of aliphatic hydroxyl groups excluding tert-OH is 1. The highest BCUT2D eigenvalue weighted by Crippen LogP contribution is 2.43. The first-order chi connectivity index (χ1) is 31.9. The lowest BCUT2D eigenvalue weighted by Gasteiger charge is -2.27. The molecule has 21 heteroatoms. The highest BCUT2D eigenvalue weighted by molar-refractivity contribution is 7.93. The fourth-order valence-corrected chi connectivity index (χ4v) is 11.2. The predicted octanol–water partition coefficient (Wildman–Crippen LogP) is 5.59. The Hall–Kier alpha value is -7.07. The summed E-state index contributed by atoms with van der Waals surface area (Å²) in [5.41, 5.74) is 8.22. The number of para-hydroxylation sites is 1. The van der Waals surface area contributed by atoms with Crippen molar-refractivity contribution in [2.75, 3.05) is 39.4 Å². The van der Waals surface area contributed by atoms with Crippen molar-refractivity contribution in [1.82, 2.24) is 39.8 Å². The van der Waals surface area contributed by atoms with E-state index in [1.165, 1.54) is 31.1 Å². The number of rotatable bonds is 18. The van der Waals surface area contributed by atoms with Crippen LogP contribution in [0.4, 0.5) is 10.7 Å². The number of methoxy groups -OCH3 is 3. The van der Waals surface area contributed by atoms with Crippen LogP contribution in [0.1, 0.15) is 37.5 Å². The van der Waals surface area contributed by atoms with E-state index < -0.39 is 59.7 Å². The number of tetrazole rings is 1. The molecule has 1 unspecified atom stereocenters. The topological polar surface area (TPSA) is 256 Å². The second kappa shape index (κ2) is 19.8. The van der Waals surface area contributed by atoms with Gasteiger partial charge in [-0.05, 0) is 96.8 Å². The molecule has 0 saturated heterocycles. The lowest BCUT2D eigenvalue weighted by atomic mass is 9.98. The number of alkyl carbamates (subject to hydrolysis) is 1. The van der Waals surface area contributed by atoms with E-state index in [0.29, 0.717) is 45.0 Å². The molecule has 0 saturated carbocycles. The fraction of sp³-hybridized carbons (Fsp3) is 0.283. The van der Waals surface area contributed by atoms with Crippen LogP contribution in [0.15, 0.2) is 113 Å². The first kappa shape index (κ1) is 47.9. The van der Waals surface area contributed by atoms with Crippen molar-refractivity contribution in [3.05, 3.63) is 120 Å². The highest BCUT2D eigenvalue weighted by Gasteiger charge is 2.39. The van der Waals surface area contributed by atoms with Crippen LogP contribution in [0.25, 0.3) is 33.5 Å². The highest BCUT2D eigenvalue weighted by atomic mass is 32.2. The van der Waals surface area contributed by atoms with Crippen molar-refractivity contribution in [3.63, 3.8) is 0 Å². The molecule has 7 aromatic rings. The lowest BCUT2D eigenvalue weighted by molar-refractivity contribution is 0.0490. The number of hydrogen-bond donors (Lipinski definition) is 4. The number of aromatic nitrogens is 6. The number of nitrogen functional groups attached to an aromatic ring is 1. The summed E-state index contributed by atoms with van der Waals surface area (Å²) < 4.78 is 84.8. The Morgan fingerprint density at radius 3 is 1.91 bits per heavy atom. The third-order valence-electron chi connectivity index (χ3n) is 10.4. The third kappa shape index (κ3) is 11.1. The van der Waals surface area contributed by atoms with Gasteiger partial charge in [-0.25, -0.2) is 26.6 Å². The summed E-state index contributed by atoms with van der Waals surface area (Å²) in [6.07, 6.45) is -0.986. The number of hydrogen-bond acceptors (Lipinski definition) is 15. The molecular formula is C46H51N9O10S2. The summed E-state index contributed by atoms with van der Waals surface area (Å²) in [4.78, 5) is 20.3. The van der Waals surface area contributed by atoms with Crippen LogP contribution in [-0.4, -0.2) is 108 Å². The van der Waals surface area contributed by atoms with Gasteiger partial charge in [0, 0.05) is 18.7 Å². The molecule has 0 aliphatic rings. The number of ether oxygens (including phenoxy) is 4. The maximum absolute atomic E-state index is 16.1. The summed E-state index contributed by atoms with van der Waals surface area (Å²) in [6.45, 7) is 3.64. The van der Waals surface area contributed by atoms with E-state index in [2.05, 4.69) is 25.6 Å². The van der Waals surface area contributed by atoms with Gasteiger partial charge in [-0.15, -0.1) is 10.2 Å². The minimum absolute atomic E-state index is 0.0808. The van der Waals surface area contributed by atoms with E-state index in [1.807, 2.05) is 0 Å². The Balaban J connectivity index is 1.50. The number of imidazole rings is 1. The molecule has 0 aliphatic heterocycles. The second-order valence-electron chi connectivity index (χ2n) is 16.4. The van der Waals surface area contributed by atoms with Gasteiger partial charge in [0.25, 0.3) is 0 Å². The van der Waals surface area contributed by atoms with E-state index in [-0.39, 0.29) is 42.5 Å². The number of carbonyl (C=O) groups is 1. The van der Waals surface area contributed by atoms with Gasteiger partial charge in [0.1, 0.15) is 27.7 Å². The van der Waals surface area contributed by atoms with Gasteiger partial charge in [-0.1, -0.05) is 54.6 Å². The largest absolute Gasteiger partial charge is 0.497 e. The van der Waals surface area contributed by atoms with Crippen LogP contribution in [0.5, 0.6) is 17.2 Å². The van der Waals surface area contributed by atoms with Crippen LogP contribution in [0.3, 0.4) is 0 Å². The van der Waals surface area contributed by atoms with E-state index >= 15 is 16.8 Å². The maximum Gasteiger partial charge on any atom is 0.407 e. The number of fused-ring (bicyclic) bond motifs is 1. The minimum atomic E-state index is -5.01. The zero-order valence-corrected chi connectivity index (χ0v) is 39.3. The molecule has 19 nitrogen and oxygen atoms in total. The predicted molar refractivity (Wildman–Crippen MR) is 250 cm³/mol. The number of sulfone groups is 1. The van der Waals surface area contributed by atoms with Crippen LogP contribution in [0.2, 0.25) is 0 Å². The first-order valence-corrected chi connectivity index (χ1v) is 23.9. The quantitative estimate of drug-likeness (QED) is 0.0818. The molecule has 0 bridgehead atoms. The molecule has 0 aliphatic carbocycles. The van der Waals surface area contributed by atoms with E-state index in [9.17, 15) is 9.90 Å². The van der Waals surface area contributed by atoms with Crippen LogP contribution < -0.4 is 25.3 Å². The number of carbonyl (C=O) groups excluding carboxylic acids is 1. The van der Waals surface area contributed by atoms with Gasteiger partial charge in [0.2, 0.25) is 15.8 Å². The summed E-state index contributed by atoms with van der Waals surface area (Å²) >= 11 is 0. The summed E-state index contributed by atoms with van der Waals surface area (Å²) in [7, 11) is -5.24. The van der Waals surface area contributed by atoms with E-state index in [0.717, 1.165) is 9.87 Å². The first-order valence-electron chi connectivity index (χ1n) is 20.8. The van der Waals surface area contributed by atoms with Gasteiger partial charge in [0.15, 0.2) is 15.8 Å². The molecule has 2 aromatic heterocycles. The molecule has 5 aromatic carbocycles. The third-order valence-corrected chi connectivity index (χ3v) is 14.3. The molecule has 352 valence electrons. The molecule has 2 heterocycles. The minimum Gasteiger partial charge on any atom is -0.497 e. The fourth-order valence-electron chi connectivity index (χ4n) is 7.28. The van der Waals surface area contributed by atoms with E-state index in [4.69, 9.17) is 29.8 Å². The number of benzene rings is 5. The Bertz CT molecular complexity index is 3030. The molecule has 67 heavy (non-hydrogen) atoms. The van der Waals surface area contributed by atoms with Crippen molar-refractivity contribution < 1.29 is 45.7 Å². The van der Waals surface area contributed by atoms with E-state index in [1.54, 1.807) is 119 Å². The number of nitrogens with one attached hydrogen (secondary N) is 2. The number of nitrogens with zero attached hydrogens (tertiary/aromatic N) is 6. The number of nitrogens with two attached hydrogens (primary N) is 1. The Morgan fingerprint density at radius 1 is 0.806 bits per heavy atom. The van der Waals surface area contributed by atoms with Crippen molar-refractivity contribution >= 4 is 42.9 Å².